The number of carbonyl (C=O) groups excluding carboxylic acids is 2. The fourth-order valence-corrected chi connectivity index (χ4v) is 8.38. The highest BCUT2D eigenvalue weighted by Gasteiger charge is 2.39. The van der Waals surface area contributed by atoms with Gasteiger partial charge < -0.3 is 40.5 Å². The second kappa shape index (κ2) is 37.8. The summed E-state index contributed by atoms with van der Waals surface area (Å²) in [5, 5.41) is 40.4. The maximum atomic E-state index is 12.8. The van der Waals surface area contributed by atoms with Gasteiger partial charge in [-0.1, -0.05) is 147 Å². The highest BCUT2D eigenvalue weighted by Crippen LogP contribution is 2.43. The number of aliphatic hydroxyl groups is 3. The Kier molecular flexibility index (Phi) is 35.1. The molecule has 0 saturated heterocycles. The minimum Gasteiger partial charge on any atom is -0.480 e. The zero-order chi connectivity index (χ0) is 46.6. The Morgan fingerprint density at radius 1 is 0.698 bits per heavy atom. The van der Waals surface area contributed by atoms with Crippen molar-refractivity contribution in [2.45, 2.75) is 218 Å². The van der Waals surface area contributed by atoms with E-state index in [1.165, 1.54) is 51.4 Å². The molecule has 63 heavy (non-hydrogen) atoms. The van der Waals surface area contributed by atoms with E-state index in [0.29, 0.717) is 38.5 Å². The molecule has 7 N–H and O–H groups in total. The predicted molar refractivity (Wildman–Crippen MR) is 247 cm³/mol. The molecule has 1 aliphatic rings. The molecule has 0 radical (unpaired) electrons. The van der Waals surface area contributed by atoms with Crippen molar-refractivity contribution < 1.29 is 62.8 Å². The van der Waals surface area contributed by atoms with Crippen LogP contribution in [-0.2, 0) is 37.5 Å². The summed E-state index contributed by atoms with van der Waals surface area (Å²) in [6.07, 6.45) is 34.1. The van der Waals surface area contributed by atoms with E-state index in [9.17, 15) is 39.2 Å². The van der Waals surface area contributed by atoms with Crippen molar-refractivity contribution in [3.05, 3.63) is 36.5 Å². The van der Waals surface area contributed by atoms with Crippen LogP contribution < -0.4 is 5.73 Å². The van der Waals surface area contributed by atoms with Gasteiger partial charge in [0.15, 0.2) is 6.10 Å². The van der Waals surface area contributed by atoms with Crippen molar-refractivity contribution in [1.29, 1.82) is 0 Å². The lowest BCUT2D eigenvalue weighted by Gasteiger charge is -2.21. The molecule has 0 aromatic carbocycles. The zero-order valence-corrected chi connectivity index (χ0v) is 39.6. The van der Waals surface area contributed by atoms with Crippen LogP contribution in [0, 0.1) is 11.8 Å². The number of ether oxygens (including phenoxy) is 2. The van der Waals surface area contributed by atoms with Gasteiger partial charge >= 0.3 is 25.7 Å². The summed E-state index contributed by atoms with van der Waals surface area (Å²) < 4.78 is 32.8. The number of carboxylic acids is 1. The van der Waals surface area contributed by atoms with Crippen LogP contribution in [0.3, 0.4) is 0 Å². The zero-order valence-electron chi connectivity index (χ0n) is 38.7. The largest absolute Gasteiger partial charge is 0.480 e. The minimum atomic E-state index is -4.78. The Labute approximate surface area is 379 Å². The molecular weight excluding hydrogens is 829 g/mol. The van der Waals surface area contributed by atoms with Gasteiger partial charge in [-0.05, 0) is 63.7 Å². The number of rotatable bonds is 41. The number of nitrogens with two attached hydrogens (primary N) is 1. The second-order valence-electron chi connectivity index (χ2n) is 17.2. The van der Waals surface area contributed by atoms with Crippen LogP contribution in [0.4, 0.5) is 0 Å². The fourth-order valence-electron chi connectivity index (χ4n) is 7.60. The van der Waals surface area contributed by atoms with Crippen molar-refractivity contribution in [3.63, 3.8) is 0 Å². The monoisotopic (exact) mass is 916 g/mol. The van der Waals surface area contributed by atoms with E-state index in [1.54, 1.807) is 6.08 Å². The van der Waals surface area contributed by atoms with Crippen LogP contribution in [-0.4, -0.2) is 93.5 Å². The van der Waals surface area contributed by atoms with E-state index < -0.39 is 76.0 Å². The quantitative estimate of drug-likeness (QED) is 0.0145. The minimum absolute atomic E-state index is 0.0337. The number of aliphatic hydroxyl groups excluding tert-OH is 3. The molecule has 1 aliphatic carbocycles. The third-order valence-corrected chi connectivity index (χ3v) is 12.4. The van der Waals surface area contributed by atoms with Crippen LogP contribution in [0.2, 0.25) is 0 Å². The third-order valence-electron chi connectivity index (χ3n) is 11.5. The van der Waals surface area contributed by atoms with E-state index in [4.69, 9.17) is 24.8 Å². The molecule has 1 fully saturated rings. The number of allylic oxidation sites excluding steroid dienone is 4. The maximum absolute atomic E-state index is 12.8. The third kappa shape index (κ3) is 32.0. The summed E-state index contributed by atoms with van der Waals surface area (Å²) in [5.74, 6) is -2.91. The van der Waals surface area contributed by atoms with Crippen molar-refractivity contribution >= 4 is 25.7 Å². The van der Waals surface area contributed by atoms with Crippen LogP contribution >= 0.6 is 7.82 Å². The lowest BCUT2D eigenvalue weighted by molar-refractivity contribution is -0.161. The number of carbonyl (C=O) groups is 3. The Morgan fingerprint density at radius 2 is 1.24 bits per heavy atom. The van der Waals surface area contributed by atoms with Gasteiger partial charge in [0, 0.05) is 25.2 Å². The molecule has 0 bridgehead atoms. The first kappa shape index (κ1) is 58.6. The number of aliphatic carboxylic acids is 1. The van der Waals surface area contributed by atoms with Crippen molar-refractivity contribution in [2.24, 2.45) is 17.6 Å². The first-order chi connectivity index (χ1) is 30.3. The molecule has 0 aliphatic heterocycles. The van der Waals surface area contributed by atoms with E-state index in [0.717, 1.165) is 70.6 Å². The molecule has 0 aromatic heterocycles. The van der Waals surface area contributed by atoms with Gasteiger partial charge in [0.25, 0.3) is 0 Å². The molecule has 15 heteroatoms. The first-order valence-corrected chi connectivity index (χ1v) is 25.8. The number of carboxylic acid groups (broad SMARTS) is 1. The van der Waals surface area contributed by atoms with E-state index in [2.05, 4.69) is 42.7 Å². The highest BCUT2D eigenvalue weighted by atomic mass is 31.2. The average molecular weight is 916 g/mol. The highest BCUT2D eigenvalue weighted by molar-refractivity contribution is 7.47. The normalized spacial score (nSPS) is 20.4. The van der Waals surface area contributed by atoms with Gasteiger partial charge in [-0.15, -0.1) is 0 Å². The molecule has 0 heterocycles. The maximum Gasteiger partial charge on any atom is 0.472 e. The van der Waals surface area contributed by atoms with Crippen molar-refractivity contribution in [3.8, 4) is 0 Å². The lowest BCUT2D eigenvalue weighted by atomic mass is 9.88. The van der Waals surface area contributed by atoms with Gasteiger partial charge in [0.1, 0.15) is 12.6 Å². The van der Waals surface area contributed by atoms with E-state index in [1.807, 2.05) is 6.08 Å². The molecule has 8 atom stereocenters. The fraction of sp³-hybridized carbons (Fsp3) is 0.812. The summed E-state index contributed by atoms with van der Waals surface area (Å²) in [6, 6.07) is -1.56. The number of phosphoric ester groups is 1. The average Bonchev–Trinajstić information content (AvgIpc) is 3.52. The Bertz CT molecular complexity index is 1330. The Hall–Kier alpha value is -2.42. The SMILES string of the molecule is CCCCC/C=C\C/C=C\CCCCCCCCCCCC(=O)OC[C@H](COP(=O)(O)OC[C@H](N)C(=O)O)OC(=O)CCCCCC[C@@H]1[C@@H](/C=C/[C@@H](O)CCCCC)[C@H](O)C[C@@H]1O. The van der Waals surface area contributed by atoms with Gasteiger partial charge in [0.05, 0.1) is 31.5 Å². The summed E-state index contributed by atoms with van der Waals surface area (Å²) >= 11 is 0. The number of hydrogen-bond donors (Lipinski definition) is 6. The smallest absolute Gasteiger partial charge is 0.472 e. The first-order valence-electron chi connectivity index (χ1n) is 24.3. The van der Waals surface area contributed by atoms with Crippen molar-refractivity contribution in [2.75, 3.05) is 19.8 Å². The predicted octanol–water partition coefficient (Wildman–Crippen LogP) is 9.56. The molecule has 1 saturated carbocycles. The van der Waals surface area contributed by atoms with Crippen LogP contribution in [0.25, 0.3) is 0 Å². The van der Waals surface area contributed by atoms with Crippen LogP contribution in [0.15, 0.2) is 36.5 Å². The summed E-state index contributed by atoms with van der Waals surface area (Å²) in [6.45, 7) is 2.48. The van der Waals surface area contributed by atoms with Gasteiger partial charge in [0.2, 0.25) is 0 Å². The molecule has 0 amide bonds. The Balaban J connectivity index is 2.41. The molecule has 14 nitrogen and oxygen atoms in total. The topological polar surface area (TPSA) is 232 Å². The van der Waals surface area contributed by atoms with Gasteiger partial charge in [-0.25, -0.2) is 4.57 Å². The molecule has 1 unspecified atom stereocenters. The second-order valence-corrected chi connectivity index (χ2v) is 18.7. The summed E-state index contributed by atoms with van der Waals surface area (Å²) in [4.78, 5) is 46.3. The van der Waals surface area contributed by atoms with Gasteiger partial charge in [-0.3, -0.25) is 23.4 Å². The molecule has 366 valence electrons. The standard InChI is InChI=1S/C48H86NO13P/c1-3-5-7-8-9-10-11-12-13-14-15-16-17-18-19-20-21-22-27-31-46(53)59-36-40(37-60-63(57,58)61-38-43(49)48(55)56)62-47(54)32-28-24-23-26-30-41-42(45(52)35-44(41)51)34-33-39(50)29-25-6-4-2/h9-10,12-13,33-34,39-45,50-52H,3-8,11,14-32,35-38,49H2,1-2H3,(H,55,56)(H,57,58)/b10-9-,13-12-,34-33+/t39-,40+,41+,42+,43-,44-,45+/m0/s1. The Morgan fingerprint density at radius 3 is 1.86 bits per heavy atom. The molecule has 0 spiro atoms. The number of phosphoric acid groups is 1. The number of hydrogen-bond acceptors (Lipinski definition) is 12. The lowest BCUT2D eigenvalue weighted by Crippen LogP contribution is -2.34. The molecular formula is C48H86NO13P. The summed E-state index contributed by atoms with van der Waals surface area (Å²) in [5.41, 5.74) is 5.34. The number of esters is 2. The van der Waals surface area contributed by atoms with Gasteiger partial charge in [-0.2, -0.15) is 0 Å². The number of unbranched alkanes of at least 4 members (excludes halogenated alkanes) is 17. The molecule has 1 rings (SSSR count). The summed E-state index contributed by atoms with van der Waals surface area (Å²) in [7, 11) is -4.78. The van der Waals surface area contributed by atoms with Crippen LogP contribution in [0.1, 0.15) is 187 Å². The molecule has 0 aromatic rings. The van der Waals surface area contributed by atoms with Crippen molar-refractivity contribution in [1.82, 2.24) is 0 Å². The van der Waals surface area contributed by atoms with E-state index >= 15 is 0 Å². The van der Waals surface area contributed by atoms with Crippen LogP contribution in [0.5, 0.6) is 0 Å². The van der Waals surface area contributed by atoms with E-state index in [-0.39, 0.29) is 24.7 Å².